The fourth-order valence-corrected chi connectivity index (χ4v) is 3.21. The van der Waals surface area contributed by atoms with Crippen molar-refractivity contribution in [2.45, 2.75) is 64.3 Å². The standard InChI is InChI=1S/C18H29N/c1-18(2,3)19-14-17(15-10-6-4-7-11-15)16-12-8-5-9-13-16/h4,6-7,10-11,16-17,19H,5,8-9,12-14H2,1-3H3/t17-/m0/s1. The molecule has 1 aliphatic rings. The number of nitrogens with one attached hydrogen (secondary N) is 1. The molecule has 1 heteroatoms. The number of hydrogen-bond donors (Lipinski definition) is 1. The molecule has 0 amide bonds. The third kappa shape index (κ3) is 4.65. The Hall–Kier alpha value is -0.820. The van der Waals surface area contributed by atoms with Crippen LogP contribution in [0.15, 0.2) is 30.3 Å². The largest absolute Gasteiger partial charge is 0.311 e. The Kier molecular flexibility index (Phi) is 5.04. The minimum atomic E-state index is 0.210. The molecule has 106 valence electrons. The van der Waals surface area contributed by atoms with Crippen molar-refractivity contribution in [2.75, 3.05) is 6.54 Å². The molecule has 0 spiro atoms. The lowest BCUT2D eigenvalue weighted by Crippen LogP contribution is -2.40. The smallest absolute Gasteiger partial charge is 0.00967 e. The summed E-state index contributed by atoms with van der Waals surface area (Å²) in [5.74, 6) is 1.55. The van der Waals surface area contributed by atoms with Crippen molar-refractivity contribution >= 4 is 0 Å². The van der Waals surface area contributed by atoms with Crippen LogP contribution in [-0.4, -0.2) is 12.1 Å². The molecule has 1 aromatic carbocycles. The van der Waals surface area contributed by atoms with Crippen LogP contribution >= 0.6 is 0 Å². The minimum Gasteiger partial charge on any atom is -0.311 e. The summed E-state index contributed by atoms with van der Waals surface area (Å²) in [6, 6.07) is 11.1. The van der Waals surface area contributed by atoms with E-state index in [9.17, 15) is 0 Å². The highest BCUT2D eigenvalue weighted by molar-refractivity contribution is 5.21. The maximum Gasteiger partial charge on any atom is 0.00967 e. The molecule has 1 aliphatic carbocycles. The second kappa shape index (κ2) is 6.56. The van der Waals surface area contributed by atoms with Gasteiger partial charge in [-0.15, -0.1) is 0 Å². The predicted molar refractivity (Wildman–Crippen MR) is 83.5 cm³/mol. The maximum atomic E-state index is 3.72. The van der Waals surface area contributed by atoms with Crippen LogP contribution < -0.4 is 5.32 Å². The number of hydrogen-bond acceptors (Lipinski definition) is 1. The first-order valence-electron chi connectivity index (χ1n) is 7.86. The molecule has 0 saturated heterocycles. The van der Waals surface area contributed by atoms with Crippen LogP contribution in [0.4, 0.5) is 0 Å². The van der Waals surface area contributed by atoms with Gasteiger partial charge in [0.2, 0.25) is 0 Å². The van der Waals surface area contributed by atoms with Gasteiger partial charge in [-0.3, -0.25) is 0 Å². The Morgan fingerprint density at radius 2 is 1.68 bits per heavy atom. The fraction of sp³-hybridized carbons (Fsp3) is 0.667. The molecule has 0 bridgehead atoms. The Balaban J connectivity index is 2.08. The highest BCUT2D eigenvalue weighted by Gasteiger charge is 2.26. The Bertz CT molecular complexity index is 357. The van der Waals surface area contributed by atoms with Gasteiger partial charge in [0.15, 0.2) is 0 Å². The monoisotopic (exact) mass is 259 g/mol. The quantitative estimate of drug-likeness (QED) is 0.823. The van der Waals surface area contributed by atoms with E-state index < -0.39 is 0 Å². The molecule has 0 aliphatic heterocycles. The van der Waals surface area contributed by atoms with E-state index in [1.54, 1.807) is 0 Å². The second-order valence-electron chi connectivity index (χ2n) is 7.05. The van der Waals surface area contributed by atoms with Gasteiger partial charge in [0.1, 0.15) is 0 Å². The van der Waals surface area contributed by atoms with Gasteiger partial charge in [-0.2, -0.15) is 0 Å². The topological polar surface area (TPSA) is 12.0 Å². The Labute approximate surface area is 118 Å². The van der Waals surface area contributed by atoms with Gasteiger partial charge in [0.05, 0.1) is 0 Å². The Morgan fingerprint density at radius 1 is 1.05 bits per heavy atom. The lowest BCUT2D eigenvalue weighted by molar-refractivity contribution is 0.280. The summed E-state index contributed by atoms with van der Waals surface area (Å²) in [6.07, 6.45) is 7.09. The van der Waals surface area contributed by atoms with E-state index in [1.165, 1.54) is 37.7 Å². The number of benzene rings is 1. The third-order valence-corrected chi connectivity index (χ3v) is 4.30. The normalized spacial score (nSPS) is 19.3. The molecule has 1 aromatic rings. The van der Waals surface area contributed by atoms with E-state index in [0.717, 1.165) is 12.5 Å². The van der Waals surface area contributed by atoms with E-state index in [4.69, 9.17) is 0 Å². The summed E-state index contributed by atoms with van der Waals surface area (Å²) < 4.78 is 0. The lowest BCUT2D eigenvalue weighted by atomic mass is 9.76. The van der Waals surface area contributed by atoms with Gasteiger partial charge in [-0.1, -0.05) is 49.6 Å². The average Bonchev–Trinajstić information content (AvgIpc) is 2.40. The molecule has 1 fully saturated rings. The first-order chi connectivity index (χ1) is 9.06. The second-order valence-corrected chi connectivity index (χ2v) is 7.05. The summed E-state index contributed by atoms with van der Waals surface area (Å²) in [5.41, 5.74) is 1.73. The SMILES string of the molecule is CC(C)(C)NC[C@@H](c1ccccc1)C1CCCCC1. The van der Waals surface area contributed by atoms with Crippen LogP contribution in [-0.2, 0) is 0 Å². The molecule has 0 radical (unpaired) electrons. The first-order valence-corrected chi connectivity index (χ1v) is 7.86. The van der Waals surface area contributed by atoms with E-state index in [1.807, 2.05) is 0 Å². The van der Waals surface area contributed by atoms with Crippen molar-refractivity contribution in [1.82, 2.24) is 5.32 Å². The fourth-order valence-electron chi connectivity index (χ4n) is 3.21. The van der Waals surface area contributed by atoms with Gasteiger partial charge in [0, 0.05) is 12.1 Å². The van der Waals surface area contributed by atoms with Crippen molar-refractivity contribution < 1.29 is 0 Å². The summed E-state index contributed by atoms with van der Waals surface area (Å²) in [7, 11) is 0. The molecular formula is C18H29N. The van der Waals surface area contributed by atoms with Crippen molar-refractivity contribution in [3.8, 4) is 0 Å². The maximum absolute atomic E-state index is 3.72. The summed E-state index contributed by atoms with van der Waals surface area (Å²) in [4.78, 5) is 0. The van der Waals surface area contributed by atoms with Crippen LogP contribution in [0.2, 0.25) is 0 Å². The highest BCUT2D eigenvalue weighted by Crippen LogP contribution is 2.35. The molecule has 1 N–H and O–H groups in total. The summed E-state index contributed by atoms with van der Waals surface area (Å²) in [5, 5.41) is 3.72. The third-order valence-electron chi connectivity index (χ3n) is 4.30. The zero-order valence-corrected chi connectivity index (χ0v) is 12.8. The van der Waals surface area contributed by atoms with E-state index in [-0.39, 0.29) is 5.54 Å². The summed E-state index contributed by atoms with van der Waals surface area (Å²) >= 11 is 0. The lowest BCUT2D eigenvalue weighted by Gasteiger charge is -2.33. The molecule has 0 unspecified atom stereocenters. The van der Waals surface area contributed by atoms with E-state index in [2.05, 4.69) is 56.4 Å². The zero-order valence-electron chi connectivity index (χ0n) is 12.8. The molecule has 19 heavy (non-hydrogen) atoms. The van der Waals surface area contributed by atoms with Crippen LogP contribution in [0, 0.1) is 5.92 Å². The molecule has 2 rings (SSSR count). The molecular weight excluding hydrogens is 230 g/mol. The van der Waals surface area contributed by atoms with Gasteiger partial charge >= 0.3 is 0 Å². The zero-order chi connectivity index (χ0) is 13.7. The van der Waals surface area contributed by atoms with Gasteiger partial charge < -0.3 is 5.32 Å². The molecule has 1 nitrogen and oxygen atoms in total. The van der Waals surface area contributed by atoms with Crippen molar-refractivity contribution in [3.63, 3.8) is 0 Å². The summed E-state index contributed by atoms with van der Waals surface area (Å²) in [6.45, 7) is 7.89. The molecule has 0 heterocycles. The molecule has 0 aromatic heterocycles. The van der Waals surface area contributed by atoms with Crippen LogP contribution in [0.5, 0.6) is 0 Å². The van der Waals surface area contributed by atoms with E-state index >= 15 is 0 Å². The van der Waals surface area contributed by atoms with Crippen LogP contribution in [0.1, 0.15) is 64.4 Å². The predicted octanol–water partition coefficient (Wildman–Crippen LogP) is 4.74. The average molecular weight is 259 g/mol. The number of rotatable bonds is 4. The van der Waals surface area contributed by atoms with Gasteiger partial charge in [-0.05, 0) is 51.0 Å². The van der Waals surface area contributed by atoms with Gasteiger partial charge in [0.25, 0.3) is 0 Å². The van der Waals surface area contributed by atoms with Crippen molar-refractivity contribution in [3.05, 3.63) is 35.9 Å². The van der Waals surface area contributed by atoms with Crippen LogP contribution in [0.3, 0.4) is 0 Å². The van der Waals surface area contributed by atoms with Crippen molar-refractivity contribution in [1.29, 1.82) is 0 Å². The van der Waals surface area contributed by atoms with Crippen LogP contribution in [0.25, 0.3) is 0 Å². The highest BCUT2D eigenvalue weighted by atomic mass is 14.9. The Morgan fingerprint density at radius 3 is 2.26 bits per heavy atom. The first kappa shape index (κ1) is 14.6. The molecule has 1 atom stereocenters. The van der Waals surface area contributed by atoms with Crippen molar-refractivity contribution in [2.24, 2.45) is 5.92 Å². The minimum absolute atomic E-state index is 0.210. The molecule has 1 saturated carbocycles. The van der Waals surface area contributed by atoms with Gasteiger partial charge in [-0.25, -0.2) is 0 Å². The van der Waals surface area contributed by atoms with E-state index in [0.29, 0.717) is 5.92 Å².